The molecule has 0 radical (unpaired) electrons. The van der Waals surface area contributed by atoms with E-state index >= 15 is 0 Å². The molecule has 2 N–H and O–H groups in total. The summed E-state index contributed by atoms with van der Waals surface area (Å²) in [7, 11) is 0. The van der Waals surface area contributed by atoms with Gasteiger partial charge < -0.3 is 15.4 Å². The van der Waals surface area contributed by atoms with Crippen molar-refractivity contribution in [1.82, 2.24) is 5.32 Å². The molecule has 0 aromatic heterocycles. The Hall–Kier alpha value is -2.00. The molecular formula is C16H20N2O. The highest BCUT2D eigenvalue weighted by Gasteiger charge is 1.97. The van der Waals surface area contributed by atoms with Crippen LogP contribution in [0.3, 0.4) is 0 Å². The van der Waals surface area contributed by atoms with E-state index in [-0.39, 0.29) is 0 Å². The van der Waals surface area contributed by atoms with E-state index in [2.05, 4.69) is 17.6 Å². The van der Waals surface area contributed by atoms with Gasteiger partial charge in [-0.1, -0.05) is 25.1 Å². The number of ether oxygens (including phenoxy) is 1. The van der Waals surface area contributed by atoms with Crippen LogP contribution in [0, 0.1) is 0 Å². The van der Waals surface area contributed by atoms with E-state index in [0.29, 0.717) is 0 Å². The van der Waals surface area contributed by atoms with Gasteiger partial charge >= 0.3 is 0 Å². The first-order valence-corrected chi connectivity index (χ1v) is 6.66. The third kappa shape index (κ3) is 4.64. The second kappa shape index (κ2) is 7.44. The average Bonchev–Trinajstić information content (AvgIpc) is 2.46. The second-order valence-electron chi connectivity index (χ2n) is 4.22. The summed E-state index contributed by atoms with van der Waals surface area (Å²) in [6.07, 6.45) is 0. The summed E-state index contributed by atoms with van der Waals surface area (Å²) in [5, 5.41) is 6.63. The van der Waals surface area contributed by atoms with E-state index in [1.54, 1.807) is 0 Å². The van der Waals surface area contributed by atoms with Crippen molar-refractivity contribution >= 4 is 5.69 Å². The minimum Gasteiger partial charge on any atom is -0.457 e. The van der Waals surface area contributed by atoms with Gasteiger partial charge in [-0.05, 0) is 42.9 Å². The molecule has 2 aromatic rings. The van der Waals surface area contributed by atoms with Crippen LogP contribution in [-0.4, -0.2) is 19.6 Å². The molecule has 2 rings (SSSR count). The first-order chi connectivity index (χ1) is 9.38. The van der Waals surface area contributed by atoms with Gasteiger partial charge in [-0.2, -0.15) is 0 Å². The van der Waals surface area contributed by atoms with Gasteiger partial charge in [-0.25, -0.2) is 0 Å². The summed E-state index contributed by atoms with van der Waals surface area (Å²) >= 11 is 0. The van der Waals surface area contributed by atoms with Gasteiger partial charge in [0.05, 0.1) is 0 Å². The summed E-state index contributed by atoms with van der Waals surface area (Å²) in [5.41, 5.74) is 1.11. The molecule has 100 valence electrons. The number of hydrogen-bond donors (Lipinski definition) is 2. The van der Waals surface area contributed by atoms with Crippen LogP contribution in [0.15, 0.2) is 54.6 Å². The number of likely N-dealkylation sites (N-methyl/N-ethyl adjacent to an activating group) is 1. The molecule has 0 amide bonds. The van der Waals surface area contributed by atoms with Crippen molar-refractivity contribution in [2.24, 2.45) is 0 Å². The van der Waals surface area contributed by atoms with E-state index in [9.17, 15) is 0 Å². The normalized spacial score (nSPS) is 10.2. The molecule has 0 saturated carbocycles. The summed E-state index contributed by atoms with van der Waals surface area (Å²) in [5.74, 6) is 1.71. The number of anilines is 1. The van der Waals surface area contributed by atoms with Crippen LogP contribution in [0.5, 0.6) is 11.5 Å². The van der Waals surface area contributed by atoms with Gasteiger partial charge in [-0.15, -0.1) is 0 Å². The minimum absolute atomic E-state index is 0.850. The molecule has 0 aliphatic heterocycles. The van der Waals surface area contributed by atoms with E-state index in [1.165, 1.54) is 0 Å². The lowest BCUT2D eigenvalue weighted by Gasteiger charge is -2.09. The lowest BCUT2D eigenvalue weighted by Crippen LogP contribution is -2.21. The van der Waals surface area contributed by atoms with Crippen LogP contribution in [0.25, 0.3) is 0 Å². The lowest BCUT2D eigenvalue weighted by atomic mass is 10.3. The number of rotatable bonds is 7. The van der Waals surface area contributed by atoms with E-state index in [0.717, 1.165) is 36.8 Å². The maximum atomic E-state index is 5.74. The highest BCUT2D eigenvalue weighted by atomic mass is 16.5. The van der Waals surface area contributed by atoms with Gasteiger partial charge in [0, 0.05) is 18.8 Å². The Labute approximate surface area is 114 Å². The molecule has 0 heterocycles. The van der Waals surface area contributed by atoms with Crippen molar-refractivity contribution < 1.29 is 4.74 Å². The molecular weight excluding hydrogens is 236 g/mol. The minimum atomic E-state index is 0.850. The number of para-hydroxylation sites is 1. The molecule has 0 unspecified atom stereocenters. The molecule has 0 aliphatic carbocycles. The third-order valence-corrected chi connectivity index (χ3v) is 2.71. The Kier molecular flexibility index (Phi) is 5.26. The molecule has 0 saturated heterocycles. The summed E-state index contributed by atoms with van der Waals surface area (Å²) in [4.78, 5) is 0. The molecule has 0 bridgehead atoms. The van der Waals surface area contributed by atoms with Crippen LogP contribution in [0.4, 0.5) is 5.69 Å². The predicted octanol–water partition coefficient (Wildman–Crippen LogP) is 3.50. The van der Waals surface area contributed by atoms with E-state index in [4.69, 9.17) is 4.74 Å². The molecule has 3 heteroatoms. The monoisotopic (exact) mass is 256 g/mol. The van der Waals surface area contributed by atoms with Crippen LogP contribution in [-0.2, 0) is 0 Å². The maximum absolute atomic E-state index is 5.74. The first kappa shape index (κ1) is 13.4. The summed E-state index contributed by atoms with van der Waals surface area (Å²) in [6.45, 7) is 5.01. The summed E-state index contributed by atoms with van der Waals surface area (Å²) in [6, 6.07) is 17.8. The van der Waals surface area contributed by atoms with Crippen molar-refractivity contribution in [3.8, 4) is 11.5 Å². The number of nitrogens with one attached hydrogen (secondary N) is 2. The molecule has 19 heavy (non-hydrogen) atoms. The molecule has 2 aromatic carbocycles. The summed E-state index contributed by atoms with van der Waals surface area (Å²) < 4.78 is 5.74. The smallest absolute Gasteiger partial charge is 0.127 e. The predicted molar refractivity (Wildman–Crippen MR) is 80.0 cm³/mol. The standard InChI is InChI=1S/C16H20N2O/c1-2-17-12-13-18-14-8-10-16(11-9-14)19-15-6-4-3-5-7-15/h3-11,17-18H,2,12-13H2,1H3. The largest absolute Gasteiger partial charge is 0.457 e. The fourth-order valence-corrected chi connectivity index (χ4v) is 1.74. The third-order valence-electron chi connectivity index (χ3n) is 2.71. The van der Waals surface area contributed by atoms with Gasteiger partial charge in [0.2, 0.25) is 0 Å². The number of benzene rings is 2. The Balaban J connectivity index is 1.84. The van der Waals surface area contributed by atoms with Gasteiger partial charge in [-0.3, -0.25) is 0 Å². The van der Waals surface area contributed by atoms with Gasteiger partial charge in [0.25, 0.3) is 0 Å². The molecule has 0 atom stereocenters. The van der Waals surface area contributed by atoms with Crippen LogP contribution < -0.4 is 15.4 Å². The fraction of sp³-hybridized carbons (Fsp3) is 0.250. The zero-order valence-electron chi connectivity index (χ0n) is 11.2. The highest BCUT2D eigenvalue weighted by molar-refractivity contribution is 5.47. The Morgan fingerprint density at radius 1 is 0.842 bits per heavy atom. The molecule has 0 fully saturated rings. The Bertz CT molecular complexity index is 468. The Morgan fingerprint density at radius 3 is 2.21 bits per heavy atom. The van der Waals surface area contributed by atoms with E-state index in [1.807, 2.05) is 54.6 Å². The average molecular weight is 256 g/mol. The van der Waals surface area contributed by atoms with Crippen molar-refractivity contribution in [1.29, 1.82) is 0 Å². The van der Waals surface area contributed by atoms with Crippen molar-refractivity contribution in [3.05, 3.63) is 54.6 Å². The quantitative estimate of drug-likeness (QED) is 0.744. The van der Waals surface area contributed by atoms with E-state index < -0.39 is 0 Å². The van der Waals surface area contributed by atoms with Gasteiger partial charge in [0.1, 0.15) is 11.5 Å². The topological polar surface area (TPSA) is 33.3 Å². The SMILES string of the molecule is CCNCCNc1ccc(Oc2ccccc2)cc1. The second-order valence-corrected chi connectivity index (χ2v) is 4.22. The van der Waals surface area contributed by atoms with Gasteiger partial charge in [0.15, 0.2) is 0 Å². The van der Waals surface area contributed by atoms with Crippen molar-refractivity contribution in [3.63, 3.8) is 0 Å². The number of hydrogen-bond acceptors (Lipinski definition) is 3. The van der Waals surface area contributed by atoms with Crippen LogP contribution in [0.2, 0.25) is 0 Å². The van der Waals surface area contributed by atoms with Crippen molar-refractivity contribution in [2.45, 2.75) is 6.92 Å². The maximum Gasteiger partial charge on any atom is 0.127 e. The highest BCUT2D eigenvalue weighted by Crippen LogP contribution is 2.22. The zero-order valence-corrected chi connectivity index (χ0v) is 11.2. The molecule has 3 nitrogen and oxygen atoms in total. The first-order valence-electron chi connectivity index (χ1n) is 6.66. The molecule has 0 aliphatic rings. The molecule has 0 spiro atoms. The lowest BCUT2D eigenvalue weighted by molar-refractivity contribution is 0.483. The fourth-order valence-electron chi connectivity index (χ4n) is 1.74. The Morgan fingerprint density at radius 2 is 1.53 bits per heavy atom. The van der Waals surface area contributed by atoms with Crippen LogP contribution in [0.1, 0.15) is 6.92 Å². The van der Waals surface area contributed by atoms with Crippen LogP contribution >= 0.6 is 0 Å². The zero-order chi connectivity index (χ0) is 13.3. The van der Waals surface area contributed by atoms with Crippen molar-refractivity contribution in [2.75, 3.05) is 25.0 Å².